The second-order valence-corrected chi connectivity index (χ2v) is 13.5. The van der Waals surface area contributed by atoms with Crippen molar-refractivity contribution in [3.63, 3.8) is 0 Å². The summed E-state index contributed by atoms with van der Waals surface area (Å²) in [6, 6.07) is 0. The maximum absolute atomic E-state index is 11.5. The van der Waals surface area contributed by atoms with E-state index in [-0.39, 0.29) is 40.6 Å². The van der Waals surface area contributed by atoms with Crippen LogP contribution >= 0.6 is 0 Å². The van der Waals surface area contributed by atoms with Crippen LogP contribution in [0, 0.1) is 40.4 Å². The van der Waals surface area contributed by atoms with Gasteiger partial charge >= 0.3 is 0 Å². The van der Waals surface area contributed by atoms with E-state index >= 15 is 0 Å². The normalized spacial score (nSPS) is 57.3. The van der Waals surface area contributed by atoms with Crippen LogP contribution in [0.5, 0.6) is 0 Å². The lowest BCUT2D eigenvalue weighted by atomic mass is 9.51. The monoisotopic (exact) mass is 488 g/mol. The average Bonchev–Trinajstić information content (AvgIpc) is 3.34. The lowest BCUT2D eigenvalue weighted by Crippen LogP contribution is -2.51. The van der Waals surface area contributed by atoms with Crippen LogP contribution in [-0.2, 0) is 9.47 Å². The predicted octanol–water partition coefficient (Wildman–Crippen LogP) is 3.33. The first-order valence-electron chi connectivity index (χ1n) is 13.9. The van der Waals surface area contributed by atoms with Gasteiger partial charge in [-0.2, -0.15) is 0 Å². The summed E-state index contributed by atoms with van der Waals surface area (Å²) in [7, 11) is 0. The molecule has 0 radical (unpaired) electrons. The molecule has 2 heterocycles. The second kappa shape index (κ2) is 7.87. The van der Waals surface area contributed by atoms with Crippen LogP contribution in [0.1, 0.15) is 73.1 Å². The molecular formula is C29H44O6. The van der Waals surface area contributed by atoms with Crippen LogP contribution in [0.3, 0.4) is 0 Å². The maximum atomic E-state index is 11.5. The molecule has 0 bridgehead atoms. The quantitative estimate of drug-likeness (QED) is 0.476. The summed E-state index contributed by atoms with van der Waals surface area (Å²) in [5.41, 5.74) is 1.54. The highest BCUT2D eigenvalue weighted by Gasteiger charge is 2.69. The van der Waals surface area contributed by atoms with Gasteiger partial charge in [-0.15, -0.1) is 0 Å². The van der Waals surface area contributed by atoms with Crippen molar-refractivity contribution in [1.82, 2.24) is 0 Å². The van der Waals surface area contributed by atoms with Crippen molar-refractivity contribution in [2.45, 2.75) is 116 Å². The molecule has 2 aliphatic heterocycles. The molecule has 0 aromatic heterocycles. The smallest absolute Gasteiger partial charge is 0.160 e. The summed E-state index contributed by atoms with van der Waals surface area (Å²) in [4.78, 5) is 0. The Morgan fingerprint density at radius 3 is 2.51 bits per heavy atom. The van der Waals surface area contributed by atoms with Crippen molar-refractivity contribution >= 4 is 0 Å². The van der Waals surface area contributed by atoms with Crippen molar-refractivity contribution in [3.8, 4) is 0 Å². The second-order valence-electron chi connectivity index (χ2n) is 13.5. The molecule has 196 valence electrons. The summed E-state index contributed by atoms with van der Waals surface area (Å²) in [5, 5.41) is 44.5. The van der Waals surface area contributed by atoms with Gasteiger partial charge in [-0.3, -0.25) is 0 Å². The molecule has 6 aliphatic rings. The first-order chi connectivity index (χ1) is 16.4. The number of allylic oxidation sites excluding steroid dienone is 4. The number of rotatable bonds is 2. The van der Waals surface area contributed by atoms with E-state index in [1.54, 1.807) is 0 Å². The van der Waals surface area contributed by atoms with Gasteiger partial charge < -0.3 is 29.9 Å². The number of aliphatic hydroxyl groups is 4. The summed E-state index contributed by atoms with van der Waals surface area (Å²) in [5.74, 6) is 0.0523. The molecule has 0 aromatic rings. The van der Waals surface area contributed by atoms with E-state index in [9.17, 15) is 20.4 Å². The van der Waals surface area contributed by atoms with Gasteiger partial charge in [0.15, 0.2) is 6.29 Å². The highest BCUT2D eigenvalue weighted by Crippen LogP contribution is 2.66. The van der Waals surface area contributed by atoms with E-state index in [0.29, 0.717) is 12.3 Å². The topological polar surface area (TPSA) is 99.4 Å². The number of fused-ring (bicyclic) bond motifs is 6. The molecule has 4 N–H and O–H groups in total. The third-order valence-electron chi connectivity index (χ3n) is 11.7. The molecular weight excluding hydrogens is 444 g/mol. The Hall–Kier alpha value is -0.760. The summed E-state index contributed by atoms with van der Waals surface area (Å²) in [6.45, 7) is 10.5. The van der Waals surface area contributed by atoms with Crippen LogP contribution in [0.25, 0.3) is 0 Å². The number of hydrogen-bond donors (Lipinski definition) is 4. The predicted molar refractivity (Wildman–Crippen MR) is 131 cm³/mol. The molecule has 35 heavy (non-hydrogen) atoms. The molecule has 6 rings (SSSR count). The van der Waals surface area contributed by atoms with Gasteiger partial charge in [0.25, 0.3) is 0 Å². The minimum Gasteiger partial charge on any atom is -0.393 e. The van der Waals surface area contributed by atoms with Crippen LogP contribution < -0.4 is 0 Å². The highest BCUT2D eigenvalue weighted by atomic mass is 16.7. The largest absolute Gasteiger partial charge is 0.393 e. The SMILES string of the molecule is CC(C)[C@@]1(O)[C@@H](C)O[C@@H]2[C@H]([C@H]3[C@H](O)CC4C5=CCC6C[C@@H](O)CC[C@]6(C)C5=CC[C@@]43C)[C@H](O)O[C@@H]21. The van der Waals surface area contributed by atoms with E-state index in [1.807, 2.05) is 20.8 Å². The number of ether oxygens (including phenoxy) is 2. The van der Waals surface area contributed by atoms with Crippen LogP contribution in [0.2, 0.25) is 0 Å². The van der Waals surface area contributed by atoms with E-state index in [0.717, 1.165) is 32.1 Å². The molecule has 4 aliphatic carbocycles. The van der Waals surface area contributed by atoms with Crippen molar-refractivity contribution in [2.75, 3.05) is 0 Å². The van der Waals surface area contributed by atoms with Crippen molar-refractivity contribution in [2.24, 2.45) is 40.4 Å². The Morgan fingerprint density at radius 2 is 1.80 bits per heavy atom. The first kappa shape index (κ1) is 24.6. The van der Waals surface area contributed by atoms with Gasteiger partial charge in [-0.25, -0.2) is 0 Å². The Morgan fingerprint density at radius 1 is 1.06 bits per heavy atom. The van der Waals surface area contributed by atoms with Crippen molar-refractivity contribution in [3.05, 3.63) is 23.3 Å². The van der Waals surface area contributed by atoms with Crippen LogP contribution in [0.15, 0.2) is 23.3 Å². The van der Waals surface area contributed by atoms with Crippen molar-refractivity contribution in [1.29, 1.82) is 0 Å². The fourth-order valence-corrected chi connectivity index (χ4v) is 9.56. The summed E-state index contributed by atoms with van der Waals surface area (Å²) < 4.78 is 12.4. The molecule has 6 nitrogen and oxygen atoms in total. The zero-order valence-corrected chi connectivity index (χ0v) is 21.9. The van der Waals surface area contributed by atoms with Gasteiger partial charge in [0, 0.05) is 11.8 Å². The molecule has 13 atom stereocenters. The number of hydrogen-bond acceptors (Lipinski definition) is 6. The van der Waals surface area contributed by atoms with Crippen LogP contribution in [-0.4, -0.2) is 62.8 Å². The summed E-state index contributed by atoms with van der Waals surface area (Å²) in [6.07, 6.45) is 6.81. The molecule has 6 heteroatoms. The van der Waals surface area contributed by atoms with E-state index in [1.165, 1.54) is 11.1 Å². The van der Waals surface area contributed by atoms with E-state index in [4.69, 9.17) is 9.47 Å². The van der Waals surface area contributed by atoms with Gasteiger partial charge in [-0.05, 0) is 85.2 Å². The molecule has 0 spiro atoms. The van der Waals surface area contributed by atoms with Gasteiger partial charge in [0.05, 0.1) is 24.4 Å². The third kappa shape index (κ3) is 3.10. The lowest BCUT2D eigenvalue weighted by Gasteiger charge is -2.53. The molecule has 0 aromatic carbocycles. The van der Waals surface area contributed by atoms with E-state index in [2.05, 4.69) is 26.0 Å². The van der Waals surface area contributed by atoms with Gasteiger partial charge in [0.1, 0.15) is 11.7 Å². The minimum absolute atomic E-state index is 0.0782. The Labute approximate surface area is 209 Å². The van der Waals surface area contributed by atoms with Gasteiger partial charge in [0.2, 0.25) is 0 Å². The van der Waals surface area contributed by atoms with Crippen LogP contribution in [0.4, 0.5) is 0 Å². The lowest BCUT2D eigenvalue weighted by molar-refractivity contribution is -0.196. The number of aliphatic hydroxyl groups excluding tert-OH is 3. The molecule has 2 unspecified atom stereocenters. The molecule has 2 saturated carbocycles. The molecule has 0 amide bonds. The summed E-state index contributed by atoms with van der Waals surface area (Å²) >= 11 is 0. The first-order valence-corrected chi connectivity index (χ1v) is 13.9. The standard InChI is InChI=1S/C29H44O6/c1-14(2)29(33)15(3)34-24-22(26(32)35-25(24)29)23-21(31)13-20-18-7-6-16-12-17(30)8-10-27(16,4)19(18)9-11-28(20,23)5/h7,9,14-17,20-26,30-33H,6,8,10-13H2,1-5H3/t15-,16?,17+,20?,21-,22+,23-,24-,25+,26-,27+,28+,29-/m1/s1. The molecule has 2 saturated heterocycles. The van der Waals surface area contributed by atoms with E-state index < -0.39 is 36.3 Å². The highest BCUT2D eigenvalue weighted by molar-refractivity contribution is 5.47. The zero-order valence-electron chi connectivity index (χ0n) is 21.9. The average molecular weight is 489 g/mol. The Kier molecular flexibility index (Phi) is 5.53. The zero-order chi connectivity index (χ0) is 25.1. The third-order valence-corrected chi connectivity index (χ3v) is 11.7. The fourth-order valence-electron chi connectivity index (χ4n) is 9.56. The fraction of sp³-hybridized carbons (Fsp3) is 0.862. The Bertz CT molecular complexity index is 943. The Balaban J connectivity index is 1.34. The minimum atomic E-state index is -1.16. The van der Waals surface area contributed by atoms with Crippen molar-refractivity contribution < 1.29 is 29.9 Å². The molecule has 4 fully saturated rings. The maximum Gasteiger partial charge on any atom is 0.160 e. The van der Waals surface area contributed by atoms with Gasteiger partial charge in [-0.1, -0.05) is 39.8 Å².